The van der Waals surface area contributed by atoms with Crippen LogP contribution in [0.25, 0.3) is 22.4 Å². The Balaban J connectivity index is 1.24. The molecule has 0 unspecified atom stereocenters. The SMILES string of the molecule is Cc1nc(N2CCOCC2)[nH]c(=O)c1CCC(=O)Nc1ccc2nc(-c3cccc(F)c3)[nH]c2c1. The molecule has 3 N–H and O–H groups in total. The van der Waals surface area contributed by atoms with Gasteiger partial charge in [-0.15, -0.1) is 0 Å². The van der Waals surface area contributed by atoms with Crippen LogP contribution < -0.4 is 15.8 Å². The minimum absolute atomic E-state index is 0.137. The van der Waals surface area contributed by atoms with Crippen LogP contribution >= 0.6 is 0 Å². The summed E-state index contributed by atoms with van der Waals surface area (Å²) in [6.07, 6.45) is 0.414. The Morgan fingerprint density at radius 1 is 1.14 bits per heavy atom. The van der Waals surface area contributed by atoms with E-state index in [9.17, 15) is 14.0 Å². The molecule has 0 bridgehead atoms. The van der Waals surface area contributed by atoms with Crippen molar-refractivity contribution in [2.24, 2.45) is 0 Å². The number of hydrogen-bond donors (Lipinski definition) is 3. The molecule has 180 valence electrons. The molecule has 2 aromatic heterocycles. The number of morpholine rings is 1. The Morgan fingerprint density at radius 3 is 2.74 bits per heavy atom. The molecule has 35 heavy (non-hydrogen) atoms. The number of rotatable bonds is 6. The highest BCUT2D eigenvalue weighted by Crippen LogP contribution is 2.23. The van der Waals surface area contributed by atoms with Gasteiger partial charge in [0.15, 0.2) is 0 Å². The standard InChI is InChI=1S/C25H25FN6O3/c1-15-19(24(34)31-25(27-15)32-9-11-35-12-10-32)6-8-22(33)28-18-5-7-20-21(14-18)30-23(29-20)16-3-2-4-17(26)13-16/h2-5,7,13-14H,6,8-12H2,1H3,(H,28,33)(H,29,30)(H,27,31,34). The van der Waals surface area contributed by atoms with Crippen molar-refractivity contribution in [3.8, 4) is 11.4 Å². The fourth-order valence-electron chi connectivity index (χ4n) is 4.14. The van der Waals surface area contributed by atoms with Crippen molar-refractivity contribution in [2.75, 3.05) is 36.5 Å². The molecule has 1 fully saturated rings. The Kier molecular flexibility index (Phi) is 6.28. The summed E-state index contributed by atoms with van der Waals surface area (Å²) in [5, 5.41) is 2.86. The quantitative estimate of drug-likeness (QED) is 0.394. The summed E-state index contributed by atoms with van der Waals surface area (Å²) in [6, 6.07) is 11.5. The third-order valence-corrected chi connectivity index (χ3v) is 5.99. The van der Waals surface area contributed by atoms with Crippen molar-refractivity contribution in [1.82, 2.24) is 19.9 Å². The number of aromatic nitrogens is 4. The molecule has 9 nitrogen and oxygen atoms in total. The number of nitrogens with one attached hydrogen (secondary N) is 3. The molecule has 1 aliphatic rings. The largest absolute Gasteiger partial charge is 0.378 e. The third-order valence-electron chi connectivity index (χ3n) is 5.99. The van der Waals surface area contributed by atoms with Crippen molar-refractivity contribution in [1.29, 1.82) is 0 Å². The average Bonchev–Trinajstić information content (AvgIpc) is 3.27. The van der Waals surface area contributed by atoms with Gasteiger partial charge in [-0.25, -0.2) is 14.4 Å². The van der Waals surface area contributed by atoms with Crippen LogP contribution in [-0.4, -0.2) is 52.1 Å². The third kappa shape index (κ3) is 5.07. The molecule has 0 saturated carbocycles. The maximum Gasteiger partial charge on any atom is 0.255 e. The number of halogens is 1. The summed E-state index contributed by atoms with van der Waals surface area (Å²) in [6.45, 7) is 4.33. The number of amides is 1. The van der Waals surface area contributed by atoms with Gasteiger partial charge in [0, 0.05) is 42.0 Å². The molecule has 3 heterocycles. The second-order valence-corrected chi connectivity index (χ2v) is 8.43. The molecule has 0 aliphatic carbocycles. The number of aryl methyl sites for hydroxylation is 1. The van der Waals surface area contributed by atoms with Gasteiger partial charge >= 0.3 is 0 Å². The van der Waals surface area contributed by atoms with E-state index in [-0.39, 0.29) is 30.1 Å². The van der Waals surface area contributed by atoms with Crippen molar-refractivity contribution in [3.05, 3.63) is 69.9 Å². The number of anilines is 2. The zero-order valence-corrected chi connectivity index (χ0v) is 19.2. The van der Waals surface area contributed by atoms with Crippen molar-refractivity contribution in [3.63, 3.8) is 0 Å². The van der Waals surface area contributed by atoms with Gasteiger partial charge < -0.3 is 19.9 Å². The van der Waals surface area contributed by atoms with Crippen LogP contribution in [0.1, 0.15) is 17.7 Å². The van der Waals surface area contributed by atoms with E-state index in [0.717, 1.165) is 5.52 Å². The number of carbonyl (C=O) groups excluding carboxylic acids is 1. The molecule has 0 atom stereocenters. The van der Waals surface area contributed by atoms with Gasteiger partial charge in [0.1, 0.15) is 11.6 Å². The summed E-state index contributed by atoms with van der Waals surface area (Å²) in [7, 11) is 0. The molecule has 1 amide bonds. The van der Waals surface area contributed by atoms with Crippen molar-refractivity contribution in [2.45, 2.75) is 19.8 Å². The van der Waals surface area contributed by atoms with E-state index in [1.54, 1.807) is 37.3 Å². The van der Waals surface area contributed by atoms with E-state index in [1.165, 1.54) is 12.1 Å². The van der Waals surface area contributed by atoms with Crippen LogP contribution in [0.5, 0.6) is 0 Å². The molecule has 10 heteroatoms. The molecule has 1 saturated heterocycles. The minimum Gasteiger partial charge on any atom is -0.378 e. The lowest BCUT2D eigenvalue weighted by Gasteiger charge is -2.27. The summed E-state index contributed by atoms with van der Waals surface area (Å²) in [5.41, 5.74) is 3.56. The van der Waals surface area contributed by atoms with Gasteiger partial charge in [-0.05, 0) is 43.7 Å². The lowest BCUT2D eigenvalue weighted by atomic mass is 10.1. The second kappa shape index (κ2) is 9.67. The first-order valence-electron chi connectivity index (χ1n) is 11.4. The first kappa shape index (κ1) is 22.7. The van der Waals surface area contributed by atoms with E-state index >= 15 is 0 Å². The smallest absolute Gasteiger partial charge is 0.255 e. The fourth-order valence-corrected chi connectivity index (χ4v) is 4.14. The number of H-pyrrole nitrogens is 2. The maximum absolute atomic E-state index is 13.5. The number of nitrogens with zero attached hydrogens (tertiary/aromatic N) is 3. The highest BCUT2D eigenvalue weighted by molar-refractivity contribution is 5.93. The van der Waals surface area contributed by atoms with Crippen molar-refractivity contribution >= 4 is 28.6 Å². The van der Waals surface area contributed by atoms with Gasteiger partial charge in [-0.1, -0.05) is 12.1 Å². The number of hydrogen-bond acceptors (Lipinski definition) is 6. The predicted molar refractivity (Wildman–Crippen MR) is 131 cm³/mol. The van der Waals surface area contributed by atoms with Gasteiger partial charge in [-0.3, -0.25) is 14.6 Å². The molecule has 4 aromatic rings. The summed E-state index contributed by atoms with van der Waals surface area (Å²) >= 11 is 0. The molecular weight excluding hydrogens is 451 g/mol. The zero-order valence-electron chi connectivity index (χ0n) is 19.2. The van der Waals surface area contributed by atoms with Crippen LogP contribution in [0.2, 0.25) is 0 Å². The molecule has 5 rings (SSSR count). The topological polar surface area (TPSA) is 116 Å². The number of carbonyl (C=O) groups is 1. The maximum atomic E-state index is 13.5. The first-order valence-corrected chi connectivity index (χ1v) is 11.4. The molecule has 1 aliphatic heterocycles. The lowest BCUT2D eigenvalue weighted by molar-refractivity contribution is -0.116. The van der Waals surface area contributed by atoms with E-state index in [0.29, 0.717) is 66.1 Å². The van der Waals surface area contributed by atoms with Gasteiger partial charge in [0.25, 0.3) is 5.56 Å². The lowest BCUT2D eigenvalue weighted by Crippen LogP contribution is -2.38. The predicted octanol–water partition coefficient (Wildman–Crippen LogP) is 3.17. The summed E-state index contributed by atoms with van der Waals surface area (Å²) in [5.74, 6) is 0.529. The normalized spacial score (nSPS) is 13.8. The number of benzene rings is 2. The molecule has 2 aromatic carbocycles. The van der Waals surface area contributed by atoms with Crippen molar-refractivity contribution < 1.29 is 13.9 Å². The summed E-state index contributed by atoms with van der Waals surface area (Å²) in [4.78, 5) is 42.2. The zero-order chi connectivity index (χ0) is 24.4. The molecule has 0 spiro atoms. The van der Waals surface area contributed by atoms with Crippen LogP contribution in [0.3, 0.4) is 0 Å². The Morgan fingerprint density at radius 2 is 1.97 bits per heavy atom. The Bertz CT molecular complexity index is 1440. The highest BCUT2D eigenvalue weighted by Gasteiger charge is 2.17. The van der Waals surface area contributed by atoms with E-state index < -0.39 is 0 Å². The number of fused-ring (bicyclic) bond motifs is 1. The Labute approximate surface area is 200 Å². The Hall–Kier alpha value is -4.05. The van der Waals surface area contributed by atoms with Crippen LogP contribution in [0.4, 0.5) is 16.0 Å². The average molecular weight is 477 g/mol. The van der Waals surface area contributed by atoms with Crippen LogP contribution in [0.15, 0.2) is 47.3 Å². The fraction of sp³-hybridized carbons (Fsp3) is 0.280. The highest BCUT2D eigenvalue weighted by atomic mass is 19.1. The van der Waals surface area contributed by atoms with Gasteiger partial charge in [0.2, 0.25) is 11.9 Å². The van der Waals surface area contributed by atoms with E-state index in [4.69, 9.17) is 4.74 Å². The summed E-state index contributed by atoms with van der Waals surface area (Å²) < 4.78 is 18.9. The van der Waals surface area contributed by atoms with Gasteiger partial charge in [0.05, 0.1) is 24.2 Å². The number of ether oxygens (including phenoxy) is 1. The van der Waals surface area contributed by atoms with E-state index in [2.05, 4.69) is 25.3 Å². The number of aromatic amines is 2. The van der Waals surface area contributed by atoms with Crippen LogP contribution in [-0.2, 0) is 16.0 Å². The second-order valence-electron chi connectivity index (χ2n) is 8.43. The molecular formula is C25H25FN6O3. The van der Waals surface area contributed by atoms with Crippen LogP contribution in [0, 0.1) is 12.7 Å². The monoisotopic (exact) mass is 476 g/mol. The number of imidazole rings is 1. The first-order chi connectivity index (χ1) is 17.0. The van der Waals surface area contributed by atoms with E-state index in [1.807, 2.05) is 4.90 Å². The molecule has 0 radical (unpaired) electrons. The van der Waals surface area contributed by atoms with Gasteiger partial charge in [-0.2, -0.15) is 0 Å². The minimum atomic E-state index is -0.337.